The number of carbonyl (C=O) groups is 1. The van der Waals surface area contributed by atoms with E-state index in [2.05, 4.69) is 10.1 Å². The third-order valence-corrected chi connectivity index (χ3v) is 9.09. The number of carbonyl (C=O) groups excluding carboxylic acids is 1. The van der Waals surface area contributed by atoms with Crippen LogP contribution < -0.4 is 15.3 Å². The van der Waals surface area contributed by atoms with Crippen molar-refractivity contribution in [2.45, 2.75) is 72.8 Å². The molecule has 0 aliphatic rings. The molecule has 47 heavy (non-hydrogen) atoms. The van der Waals surface area contributed by atoms with E-state index in [1.165, 1.54) is 0 Å². The lowest BCUT2D eigenvalue weighted by atomic mass is 10.1. The van der Waals surface area contributed by atoms with E-state index in [0.717, 1.165) is 27.2 Å². The number of ether oxygens (including phenoxy) is 2. The van der Waals surface area contributed by atoms with Crippen molar-refractivity contribution in [3.63, 3.8) is 0 Å². The quantitative estimate of drug-likeness (QED) is 0.0959. The lowest BCUT2D eigenvalue weighted by Crippen LogP contribution is -2.44. The molecule has 0 aliphatic carbocycles. The Hall–Kier alpha value is -4.02. The van der Waals surface area contributed by atoms with E-state index in [0.29, 0.717) is 29.5 Å². The zero-order valence-corrected chi connectivity index (χ0v) is 28.9. The molecule has 2 heterocycles. The second-order valence-corrected chi connectivity index (χ2v) is 14.6. The Morgan fingerprint density at radius 2 is 1.70 bits per heavy atom. The van der Waals surface area contributed by atoms with Crippen molar-refractivity contribution in [2.75, 3.05) is 18.9 Å². The van der Waals surface area contributed by atoms with Crippen molar-refractivity contribution in [2.24, 2.45) is 5.92 Å². The molecule has 3 N–H and O–H groups in total. The van der Waals surface area contributed by atoms with Crippen LogP contribution in [0.3, 0.4) is 0 Å². The van der Waals surface area contributed by atoms with Crippen LogP contribution in [-0.4, -0.2) is 45.4 Å². The van der Waals surface area contributed by atoms with Gasteiger partial charge in [0.05, 0.1) is 23.7 Å². The molecule has 0 amide bonds. The number of imidazole rings is 1. The number of hydrogen-bond donors (Lipinski definition) is 2. The molecule has 3 atom stereocenters. The second kappa shape index (κ2) is 14.0. The normalized spacial score (nSPS) is 14.8. The van der Waals surface area contributed by atoms with Gasteiger partial charge < -0.3 is 24.3 Å². The highest BCUT2D eigenvalue weighted by Crippen LogP contribution is 2.47. The molecule has 0 aliphatic heterocycles. The Balaban J connectivity index is 1.53. The zero-order chi connectivity index (χ0) is 33.9. The van der Waals surface area contributed by atoms with Crippen LogP contribution in [0.2, 0.25) is 0 Å². The fraction of sp³-hybridized carbons (Fsp3) is 0.400. The summed E-state index contributed by atoms with van der Waals surface area (Å²) < 4.78 is 40.5. The molecule has 0 radical (unpaired) electrons. The van der Waals surface area contributed by atoms with E-state index >= 15 is 0 Å². The van der Waals surface area contributed by atoms with Gasteiger partial charge in [0.2, 0.25) is 0 Å². The van der Waals surface area contributed by atoms with Crippen molar-refractivity contribution in [3.8, 4) is 5.75 Å². The summed E-state index contributed by atoms with van der Waals surface area (Å²) in [6.45, 7) is 13.5. The monoisotopic (exact) mass is 661 g/mol. The Labute approximate surface area is 275 Å². The molecule has 0 saturated carbocycles. The molecular formula is C35H44N5O6P. The number of nitrogens with zero attached hydrogens (tertiary/aromatic N) is 3. The van der Waals surface area contributed by atoms with Crippen molar-refractivity contribution in [3.05, 3.63) is 72.6 Å². The third-order valence-electron chi connectivity index (χ3n) is 7.56. The number of nitrogen functional groups attached to an aromatic ring is 1. The molecule has 3 aromatic carbocycles. The first-order valence-corrected chi connectivity index (χ1v) is 17.4. The van der Waals surface area contributed by atoms with Crippen molar-refractivity contribution >= 4 is 52.2 Å². The molecule has 2 aromatic heterocycles. The van der Waals surface area contributed by atoms with Gasteiger partial charge in [0.1, 0.15) is 35.3 Å². The lowest BCUT2D eigenvalue weighted by molar-refractivity contribution is -0.158. The fourth-order valence-electron chi connectivity index (χ4n) is 5.38. The summed E-state index contributed by atoms with van der Waals surface area (Å²) in [6, 6.07) is 19.5. The van der Waals surface area contributed by atoms with Gasteiger partial charge in [0.15, 0.2) is 5.82 Å². The van der Waals surface area contributed by atoms with Crippen molar-refractivity contribution in [1.29, 1.82) is 0 Å². The van der Waals surface area contributed by atoms with E-state index in [9.17, 15) is 9.36 Å². The molecule has 0 unspecified atom stereocenters. The number of benzene rings is 3. The number of hydrogen-bond acceptors (Lipinski definition) is 9. The van der Waals surface area contributed by atoms with Crippen LogP contribution in [0.5, 0.6) is 5.75 Å². The highest BCUT2D eigenvalue weighted by atomic mass is 31.2. The molecule has 12 heteroatoms. The number of nitrogens with one attached hydrogen (secondary N) is 1. The Kier molecular flexibility index (Phi) is 10.2. The first-order chi connectivity index (χ1) is 22.3. The molecule has 0 saturated heterocycles. The van der Waals surface area contributed by atoms with Crippen LogP contribution in [0.1, 0.15) is 60.3 Å². The number of nitrogens with two attached hydrogens (primary N) is 1. The summed E-state index contributed by atoms with van der Waals surface area (Å²) in [4.78, 5) is 22.7. The van der Waals surface area contributed by atoms with Gasteiger partial charge in [0.25, 0.3) is 0 Å². The molecule has 0 bridgehead atoms. The maximum atomic E-state index is 14.7. The van der Waals surface area contributed by atoms with E-state index in [1.54, 1.807) is 32.9 Å². The van der Waals surface area contributed by atoms with Crippen LogP contribution in [0, 0.1) is 5.92 Å². The largest absolute Gasteiger partial charge is 0.459 e. The topological polar surface area (TPSA) is 140 Å². The van der Waals surface area contributed by atoms with Gasteiger partial charge in [-0.25, -0.2) is 14.5 Å². The van der Waals surface area contributed by atoms with E-state index in [1.807, 2.05) is 86.9 Å². The predicted molar refractivity (Wildman–Crippen MR) is 185 cm³/mol. The number of pyridine rings is 1. The summed E-state index contributed by atoms with van der Waals surface area (Å²) in [7, 11) is -4.21. The minimum atomic E-state index is -4.21. The van der Waals surface area contributed by atoms with Gasteiger partial charge in [-0.05, 0) is 69.5 Å². The number of esters is 1. The molecule has 0 spiro atoms. The van der Waals surface area contributed by atoms with Crippen molar-refractivity contribution < 1.29 is 27.9 Å². The van der Waals surface area contributed by atoms with Gasteiger partial charge in [-0.2, -0.15) is 5.09 Å². The van der Waals surface area contributed by atoms with Crippen LogP contribution in [0.25, 0.3) is 32.7 Å². The maximum absolute atomic E-state index is 14.7. The van der Waals surface area contributed by atoms with Crippen LogP contribution in [0.4, 0.5) is 5.82 Å². The summed E-state index contributed by atoms with van der Waals surface area (Å²) in [5, 5.41) is 5.69. The SMILES string of the molecule is CCOCc1nc2c(N)nc3ccccc3c2n1[C@H](C)CO[P@@](=O)(N[C@H](C(=O)OC(C)(C)C)C(C)C)Oc1ccc2ccccc2c1. The molecule has 11 nitrogen and oxygen atoms in total. The minimum Gasteiger partial charge on any atom is -0.459 e. The van der Waals surface area contributed by atoms with Crippen LogP contribution in [-0.2, 0) is 30.0 Å². The molecule has 250 valence electrons. The number of anilines is 1. The third kappa shape index (κ3) is 7.93. The molecule has 0 fully saturated rings. The van der Waals surface area contributed by atoms with Crippen LogP contribution in [0.15, 0.2) is 66.7 Å². The van der Waals surface area contributed by atoms with E-state index in [-0.39, 0.29) is 19.1 Å². The smallest absolute Gasteiger partial charge is 0.459 e. The first-order valence-electron chi connectivity index (χ1n) is 15.8. The Morgan fingerprint density at radius 1 is 1.00 bits per heavy atom. The average molecular weight is 662 g/mol. The van der Waals surface area contributed by atoms with Gasteiger partial charge in [-0.15, -0.1) is 0 Å². The number of para-hydroxylation sites is 1. The van der Waals surface area contributed by atoms with Gasteiger partial charge in [0, 0.05) is 12.0 Å². The molecular weight excluding hydrogens is 617 g/mol. The number of aromatic nitrogens is 3. The number of rotatable bonds is 13. The first kappa shape index (κ1) is 34.3. The lowest BCUT2D eigenvalue weighted by Gasteiger charge is -2.30. The number of fused-ring (bicyclic) bond motifs is 4. The van der Waals surface area contributed by atoms with Gasteiger partial charge in [-0.1, -0.05) is 62.4 Å². The minimum absolute atomic E-state index is 0.0713. The Bertz CT molecular complexity index is 1940. The van der Waals surface area contributed by atoms with Gasteiger partial charge >= 0.3 is 13.7 Å². The highest BCUT2D eigenvalue weighted by Gasteiger charge is 2.38. The van der Waals surface area contributed by atoms with E-state index < -0.39 is 31.4 Å². The summed E-state index contributed by atoms with van der Waals surface area (Å²) in [6.07, 6.45) is 0. The van der Waals surface area contributed by atoms with E-state index in [4.69, 9.17) is 29.2 Å². The van der Waals surface area contributed by atoms with Crippen LogP contribution >= 0.6 is 7.75 Å². The molecule has 5 aromatic rings. The Morgan fingerprint density at radius 3 is 2.40 bits per heavy atom. The standard InChI is InChI=1S/C35H44N5O6P/c1-8-43-21-29-38-31-32(27-15-11-12-16-28(27)37-33(31)36)40(29)23(4)20-44-47(42,39-30(22(2)3)34(41)45-35(5,6)7)46-26-18-17-24-13-9-10-14-25(24)19-26/h9-19,22-23,30H,8,20-21H2,1-7H3,(H2,36,37)(H,39,42)/t23-,30+,47+/m1/s1. The second-order valence-electron chi connectivity index (χ2n) is 12.9. The summed E-state index contributed by atoms with van der Waals surface area (Å²) >= 11 is 0. The zero-order valence-electron chi connectivity index (χ0n) is 28.0. The molecule has 5 rings (SSSR count). The van der Waals surface area contributed by atoms with Crippen molar-refractivity contribution in [1.82, 2.24) is 19.6 Å². The predicted octanol–water partition coefficient (Wildman–Crippen LogP) is 7.58. The highest BCUT2D eigenvalue weighted by molar-refractivity contribution is 7.52. The van der Waals surface area contributed by atoms with Gasteiger partial charge in [-0.3, -0.25) is 9.32 Å². The fourth-order valence-corrected chi connectivity index (χ4v) is 7.11. The summed E-state index contributed by atoms with van der Waals surface area (Å²) in [5.41, 5.74) is 7.67. The summed E-state index contributed by atoms with van der Waals surface area (Å²) in [5.74, 6) is 0.397. The average Bonchev–Trinajstić information content (AvgIpc) is 3.41. The maximum Gasteiger partial charge on any atom is 0.459 e.